The molecule has 0 saturated heterocycles. The predicted molar refractivity (Wildman–Crippen MR) is 154 cm³/mol. The molecule has 0 bridgehead atoms. The zero-order valence-electron chi connectivity index (χ0n) is 22.8. The topological polar surface area (TPSA) is 92.8 Å². The molecule has 7 nitrogen and oxygen atoms in total. The number of carbonyl (C=O) groups is 1. The summed E-state index contributed by atoms with van der Waals surface area (Å²) in [7, 11) is 0. The molecule has 2 aromatic heterocycles. The van der Waals surface area contributed by atoms with Crippen molar-refractivity contribution in [1.29, 1.82) is 5.26 Å². The molecule has 1 amide bonds. The number of fused-ring (bicyclic) bond motifs is 1. The van der Waals surface area contributed by atoms with Crippen LogP contribution >= 0.6 is 23.1 Å². The number of nitriles is 1. The minimum atomic E-state index is -0.168. The van der Waals surface area contributed by atoms with Crippen molar-refractivity contribution in [2.75, 3.05) is 11.1 Å². The van der Waals surface area contributed by atoms with E-state index in [1.165, 1.54) is 22.2 Å². The number of benzene rings is 1. The van der Waals surface area contributed by atoms with Crippen LogP contribution in [0.15, 0.2) is 36.0 Å². The van der Waals surface area contributed by atoms with Gasteiger partial charge in [-0.15, -0.1) is 28.1 Å². The molecule has 9 heteroatoms. The van der Waals surface area contributed by atoms with Gasteiger partial charge in [0.2, 0.25) is 5.91 Å². The van der Waals surface area contributed by atoms with Crippen molar-refractivity contribution in [3.05, 3.63) is 63.8 Å². The van der Waals surface area contributed by atoms with E-state index in [0.29, 0.717) is 34.0 Å². The number of thiophene rings is 1. The van der Waals surface area contributed by atoms with Crippen molar-refractivity contribution in [2.24, 2.45) is 11.3 Å². The molecule has 1 N–H and O–H groups in total. The zero-order chi connectivity index (χ0) is 27.4. The molecule has 1 aliphatic carbocycles. The Morgan fingerprint density at radius 2 is 2.16 bits per heavy atom. The first kappa shape index (κ1) is 27.9. The molecule has 0 saturated carbocycles. The summed E-state index contributed by atoms with van der Waals surface area (Å²) in [5.74, 6) is 2.03. The molecule has 0 spiro atoms. The third-order valence-corrected chi connectivity index (χ3v) is 9.12. The zero-order valence-corrected chi connectivity index (χ0v) is 24.4. The van der Waals surface area contributed by atoms with Gasteiger partial charge >= 0.3 is 0 Å². The molecule has 0 aliphatic heterocycles. The normalized spacial score (nSPS) is 15.0. The number of carbonyl (C=O) groups excluding carboxylic acids is 1. The van der Waals surface area contributed by atoms with Gasteiger partial charge in [-0.3, -0.25) is 9.36 Å². The number of anilines is 1. The highest BCUT2D eigenvalue weighted by molar-refractivity contribution is 7.99. The fourth-order valence-corrected chi connectivity index (χ4v) is 6.83. The van der Waals surface area contributed by atoms with Crippen LogP contribution in [-0.2, 0) is 30.8 Å². The number of aromatic nitrogens is 3. The number of hydrogen-bond acceptors (Lipinski definition) is 7. The minimum Gasteiger partial charge on any atom is -0.485 e. The van der Waals surface area contributed by atoms with Gasteiger partial charge in [-0.2, -0.15) is 5.26 Å². The van der Waals surface area contributed by atoms with Crippen LogP contribution in [0.3, 0.4) is 0 Å². The second-order valence-corrected chi connectivity index (χ2v) is 12.9. The van der Waals surface area contributed by atoms with Gasteiger partial charge in [-0.25, -0.2) is 0 Å². The number of nitrogens with one attached hydrogen (secondary N) is 1. The van der Waals surface area contributed by atoms with Crippen molar-refractivity contribution in [3.8, 4) is 11.8 Å². The maximum Gasteiger partial charge on any atom is 0.235 e. The summed E-state index contributed by atoms with van der Waals surface area (Å²) in [5.41, 5.74) is 4.20. The lowest BCUT2D eigenvalue weighted by atomic mass is 9.72. The maximum absolute atomic E-state index is 12.9. The van der Waals surface area contributed by atoms with Crippen molar-refractivity contribution >= 4 is 34.0 Å². The van der Waals surface area contributed by atoms with Gasteiger partial charge in [-0.1, -0.05) is 56.3 Å². The quantitative estimate of drug-likeness (QED) is 0.243. The molecule has 2 heterocycles. The van der Waals surface area contributed by atoms with E-state index >= 15 is 0 Å². The highest BCUT2D eigenvalue weighted by Crippen LogP contribution is 2.44. The molecular weight excluding hydrogens is 514 g/mol. The monoisotopic (exact) mass is 549 g/mol. The van der Waals surface area contributed by atoms with Gasteiger partial charge in [0.15, 0.2) is 11.0 Å². The second kappa shape index (κ2) is 11.7. The number of ether oxygens (including phenoxy) is 1. The Balaban J connectivity index is 1.41. The molecule has 4 rings (SSSR count). The number of rotatable bonds is 9. The van der Waals surface area contributed by atoms with Crippen LogP contribution in [0.5, 0.6) is 5.75 Å². The predicted octanol–water partition coefficient (Wildman–Crippen LogP) is 6.47. The fourth-order valence-electron chi connectivity index (χ4n) is 4.77. The summed E-state index contributed by atoms with van der Waals surface area (Å²) in [6, 6.07) is 8.39. The van der Waals surface area contributed by atoms with Crippen molar-refractivity contribution in [1.82, 2.24) is 14.8 Å². The first-order valence-corrected chi connectivity index (χ1v) is 14.6. The summed E-state index contributed by atoms with van der Waals surface area (Å²) in [6.07, 6.45) is 4.69. The lowest BCUT2D eigenvalue weighted by molar-refractivity contribution is -0.113. The molecule has 1 atom stereocenters. The van der Waals surface area contributed by atoms with Crippen molar-refractivity contribution < 1.29 is 9.53 Å². The third-order valence-electron chi connectivity index (χ3n) is 6.98. The molecule has 0 fully saturated rings. The van der Waals surface area contributed by atoms with Gasteiger partial charge in [0.25, 0.3) is 0 Å². The Labute approximate surface area is 233 Å². The van der Waals surface area contributed by atoms with Crippen LogP contribution in [0.4, 0.5) is 5.00 Å². The summed E-state index contributed by atoms with van der Waals surface area (Å²) in [6.45, 7) is 15.5. The van der Waals surface area contributed by atoms with E-state index in [1.807, 2.05) is 30.5 Å². The van der Waals surface area contributed by atoms with Gasteiger partial charge in [0.05, 0.1) is 11.3 Å². The van der Waals surface area contributed by atoms with E-state index < -0.39 is 0 Å². The Kier molecular flexibility index (Phi) is 8.64. The van der Waals surface area contributed by atoms with Gasteiger partial charge < -0.3 is 10.1 Å². The number of amides is 1. The van der Waals surface area contributed by atoms with E-state index in [1.54, 1.807) is 17.4 Å². The highest BCUT2D eigenvalue weighted by Gasteiger charge is 2.32. The molecular formula is C29H35N5O2S2. The number of nitrogens with zero attached hydrogens (tertiary/aromatic N) is 4. The smallest absolute Gasteiger partial charge is 0.235 e. The van der Waals surface area contributed by atoms with Gasteiger partial charge in [-0.05, 0) is 61.6 Å². The molecule has 200 valence electrons. The van der Waals surface area contributed by atoms with E-state index in [2.05, 4.69) is 55.0 Å². The summed E-state index contributed by atoms with van der Waals surface area (Å²) in [4.78, 5) is 14.1. The summed E-state index contributed by atoms with van der Waals surface area (Å²) in [5, 5.41) is 22.7. The molecule has 1 unspecified atom stereocenters. The molecule has 3 aromatic rings. The largest absolute Gasteiger partial charge is 0.485 e. The van der Waals surface area contributed by atoms with E-state index in [0.717, 1.165) is 36.1 Å². The third kappa shape index (κ3) is 6.30. The molecule has 0 radical (unpaired) electrons. The average molecular weight is 550 g/mol. The Bertz CT molecular complexity index is 1380. The first-order chi connectivity index (χ1) is 18.1. The number of aryl methyl sites for hydroxylation is 2. The Hall–Kier alpha value is -3.09. The number of thioether (sulfide) groups is 1. The standard InChI is InChI=1S/C29H35N5O2S2/c1-7-12-34-25(16-36-23-11-8-18(2)13-19(23)3)32-33-28(34)37-17-26(35)31-27-22(15-30)21-10-9-20(29(4,5)6)14-24(21)38-27/h7-8,11,13,20H,1,9-10,12,14,16-17H2,2-6H3,(H,31,35). The molecule has 1 aromatic carbocycles. The van der Waals surface area contributed by atoms with E-state index in [-0.39, 0.29) is 23.7 Å². The van der Waals surface area contributed by atoms with Crippen LogP contribution < -0.4 is 10.1 Å². The number of allylic oxidation sites excluding steroid dienone is 1. The summed E-state index contributed by atoms with van der Waals surface area (Å²) >= 11 is 2.86. The van der Waals surface area contributed by atoms with Crippen molar-refractivity contribution in [2.45, 2.75) is 72.2 Å². The molecule has 38 heavy (non-hydrogen) atoms. The number of hydrogen-bond donors (Lipinski definition) is 1. The lowest BCUT2D eigenvalue weighted by Gasteiger charge is -2.33. The van der Waals surface area contributed by atoms with Crippen molar-refractivity contribution in [3.63, 3.8) is 0 Å². The van der Waals surface area contributed by atoms with Crippen LogP contribution in [0, 0.1) is 36.5 Å². The van der Waals surface area contributed by atoms with Crippen LogP contribution in [0.2, 0.25) is 0 Å². The van der Waals surface area contributed by atoms with Crippen LogP contribution in [0.1, 0.15) is 60.1 Å². The first-order valence-electron chi connectivity index (χ1n) is 12.8. The van der Waals surface area contributed by atoms with E-state index in [9.17, 15) is 10.1 Å². The fraction of sp³-hybridized carbons (Fsp3) is 0.448. The molecule has 1 aliphatic rings. The van der Waals surface area contributed by atoms with E-state index in [4.69, 9.17) is 4.74 Å². The lowest BCUT2D eigenvalue weighted by Crippen LogP contribution is -2.26. The van der Waals surface area contributed by atoms with Gasteiger partial charge in [0.1, 0.15) is 23.4 Å². The highest BCUT2D eigenvalue weighted by atomic mass is 32.2. The van der Waals surface area contributed by atoms with Crippen LogP contribution in [-0.4, -0.2) is 26.4 Å². The Morgan fingerprint density at radius 1 is 1.37 bits per heavy atom. The van der Waals surface area contributed by atoms with Gasteiger partial charge in [0, 0.05) is 11.4 Å². The van der Waals surface area contributed by atoms with Crippen LogP contribution in [0.25, 0.3) is 0 Å². The average Bonchev–Trinajstić information content (AvgIpc) is 3.41. The second-order valence-electron chi connectivity index (χ2n) is 10.8. The minimum absolute atomic E-state index is 0.158. The maximum atomic E-state index is 12.9. The SMILES string of the molecule is C=CCn1c(COc2ccc(C)cc2C)nnc1SCC(=O)Nc1sc2c(c1C#N)CCC(C(C)(C)C)C2. The summed E-state index contributed by atoms with van der Waals surface area (Å²) < 4.78 is 7.91. The Morgan fingerprint density at radius 3 is 2.84 bits per heavy atom.